The van der Waals surface area contributed by atoms with Crippen molar-refractivity contribution in [1.29, 1.82) is 0 Å². The van der Waals surface area contributed by atoms with Gasteiger partial charge in [-0.1, -0.05) is 6.07 Å². The lowest BCUT2D eigenvalue weighted by atomic mass is 9.98. The van der Waals surface area contributed by atoms with Gasteiger partial charge in [-0.2, -0.15) is 0 Å². The summed E-state index contributed by atoms with van der Waals surface area (Å²) in [6.45, 7) is 0.744. The van der Waals surface area contributed by atoms with Crippen LogP contribution in [0.15, 0.2) is 36.7 Å². The van der Waals surface area contributed by atoms with Gasteiger partial charge in [-0.25, -0.2) is 13.2 Å². The second-order valence-electron chi connectivity index (χ2n) is 5.34. The Balaban J connectivity index is 1.77. The number of nitrogens with zero attached hydrogens (tertiary/aromatic N) is 2. The third-order valence-corrected chi connectivity index (χ3v) is 3.79. The zero-order chi connectivity index (χ0) is 15.7. The Morgan fingerprint density at radius 1 is 1.23 bits per heavy atom. The summed E-state index contributed by atoms with van der Waals surface area (Å²) in [5, 5.41) is 0. The van der Waals surface area contributed by atoms with Crippen molar-refractivity contribution in [3.8, 4) is 0 Å². The minimum atomic E-state index is -1.49. The van der Waals surface area contributed by atoms with Crippen molar-refractivity contribution in [2.24, 2.45) is 0 Å². The normalized spacial score (nSPS) is 18.0. The van der Waals surface area contributed by atoms with E-state index in [2.05, 4.69) is 4.98 Å². The maximum atomic E-state index is 13.3. The van der Waals surface area contributed by atoms with Crippen LogP contribution in [0.1, 0.15) is 23.5 Å². The Labute approximate surface area is 125 Å². The summed E-state index contributed by atoms with van der Waals surface area (Å²) in [5.41, 5.74) is 1.19. The number of rotatable bonds is 3. The Kier molecular flexibility index (Phi) is 3.83. The van der Waals surface area contributed by atoms with Gasteiger partial charge < -0.3 is 4.90 Å². The van der Waals surface area contributed by atoms with Crippen LogP contribution < -0.4 is 0 Å². The molecule has 0 N–H and O–H groups in total. The van der Waals surface area contributed by atoms with Gasteiger partial charge in [-0.15, -0.1) is 0 Å². The number of benzene rings is 1. The van der Waals surface area contributed by atoms with E-state index in [-0.39, 0.29) is 18.2 Å². The van der Waals surface area contributed by atoms with Crippen molar-refractivity contribution in [2.45, 2.75) is 18.9 Å². The molecule has 1 aromatic carbocycles. The second-order valence-corrected chi connectivity index (χ2v) is 5.34. The molecule has 3 nitrogen and oxygen atoms in total. The van der Waals surface area contributed by atoms with Crippen LogP contribution in [0.4, 0.5) is 13.2 Å². The van der Waals surface area contributed by atoms with Crippen molar-refractivity contribution in [2.75, 3.05) is 6.54 Å². The minimum absolute atomic E-state index is 0.0982. The molecular weight excluding hydrogens is 293 g/mol. The van der Waals surface area contributed by atoms with E-state index in [1.54, 1.807) is 23.4 Å². The first-order valence-electron chi connectivity index (χ1n) is 6.85. The van der Waals surface area contributed by atoms with Gasteiger partial charge in [-0.05, 0) is 29.3 Å². The lowest BCUT2D eigenvalue weighted by Gasteiger charge is -2.16. The van der Waals surface area contributed by atoms with E-state index < -0.39 is 17.5 Å². The third-order valence-electron chi connectivity index (χ3n) is 3.79. The Morgan fingerprint density at radius 3 is 2.59 bits per heavy atom. The van der Waals surface area contributed by atoms with Gasteiger partial charge in [0.05, 0.1) is 0 Å². The highest BCUT2D eigenvalue weighted by atomic mass is 19.2. The lowest BCUT2D eigenvalue weighted by molar-refractivity contribution is -0.128. The smallest absolute Gasteiger partial charge is 0.223 e. The average Bonchev–Trinajstić information content (AvgIpc) is 2.86. The fourth-order valence-corrected chi connectivity index (χ4v) is 2.67. The number of pyridine rings is 1. The van der Waals surface area contributed by atoms with Gasteiger partial charge in [-0.3, -0.25) is 9.78 Å². The topological polar surface area (TPSA) is 33.2 Å². The molecule has 0 aliphatic carbocycles. The number of likely N-dealkylation sites (tertiary alicyclic amines) is 1. The molecule has 1 atom stereocenters. The summed E-state index contributed by atoms with van der Waals surface area (Å²) in [4.78, 5) is 17.6. The van der Waals surface area contributed by atoms with Gasteiger partial charge >= 0.3 is 0 Å². The van der Waals surface area contributed by atoms with E-state index >= 15 is 0 Å². The average molecular weight is 306 g/mol. The molecule has 22 heavy (non-hydrogen) atoms. The highest BCUT2D eigenvalue weighted by Gasteiger charge is 2.31. The molecule has 0 radical (unpaired) electrons. The molecule has 2 heterocycles. The first-order valence-corrected chi connectivity index (χ1v) is 6.85. The minimum Gasteiger partial charge on any atom is -0.338 e. The first kappa shape index (κ1) is 14.6. The molecule has 1 fully saturated rings. The van der Waals surface area contributed by atoms with Crippen LogP contribution in [-0.2, 0) is 11.3 Å². The predicted molar refractivity (Wildman–Crippen MR) is 73.3 cm³/mol. The highest BCUT2D eigenvalue weighted by Crippen LogP contribution is 2.30. The number of aromatic nitrogens is 1. The molecule has 1 unspecified atom stereocenters. The maximum absolute atomic E-state index is 13.3. The van der Waals surface area contributed by atoms with Crippen molar-refractivity contribution in [3.05, 3.63) is 65.2 Å². The Bertz CT molecular complexity index is 683. The maximum Gasteiger partial charge on any atom is 0.223 e. The molecule has 6 heteroatoms. The van der Waals surface area contributed by atoms with E-state index in [0.717, 1.165) is 17.7 Å². The molecule has 1 amide bonds. The molecule has 0 bridgehead atoms. The summed E-state index contributed by atoms with van der Waals surface area (Å²) in [6.07, 6.45) is 3.46. The number of carbonyl (C=O) groups excluding carboxylic acids is 1. The second kappa shape index (κ2) is 5.79. The van der Waals surface area contributed by atoms with Crippen LogP contribution in [0.5, 0.6) is 0 Å². The number of carbonyl (C=O) groups is 1. The molecule has 0 saturated carbocycles. The molecule has 1 aliphatic rings. The fraction of sp³-hybridized carbons (Fsp3) is 0.250. The summed E-state index contributed by atoms with van der Waals surface area (Å²) in [7, 11) is 0. The molecule has 114 valence electrons. The predicted octanol–water partition coefficient (Wildman–Crippen LogP) is 3.02. The van der Waals surface area contributed by atoms with Crippen molar-refractivity contribution >= 4 is 5.91 Å². The number of hydrogen-bond donors (Lipinski definition) is 0. The van der Waals surface area contributed by atoms with Gasteiger partial charge in [0.1, 0.15) is 0 Å². The van der Waals surface area contributed by atoms with Crippen LogP contribution in [0, 0.1) is 17.5 Å². The van der Waals surface area contributed by atoms with Crippen LogP contribution >= 0.6 is 0 Å². The van der Waals surface area contributed by atoms with Crippen molar-refractivity contribution in [1.82, 2.24) is 9.88 Å². The summed E-state index contributed by atoms with van der Waals surface area (Å²) < 4.78 is 39.6. The van der Waals surface area contributed by atoms with Gasteiger partial charge in [0.15, 0.2) is 17.5 Å². The van der Waals surface area contributed by atoms with Crippen molar-refractivity contribution in [3.63, 3.8) is 0 Å². The molecule has 1 aliphatic heterocycles. The number of amides is 1. The van der Waals surface area contributed by atoms with E-state index in [1.165, 1.54) is 0 Å². The fourth-order valence-electron chi connectivity index (χ4n) is 2.67. The molecule has 3 rings (SSSR count). The van der Waals surface area contributed by atoms with E-state index in [4.69, 9.17) is 0 Å². The van der Waals surface area contributed by atoms with Crippen LogP contribution in [0.3, 0.4) is 0 Å². The number of halogens is 3. The van der Waals surface area contributed by atoms with Gasteiger partial charge in [0, 0.05) is 37.8 Å². The number of hydrogen-bond acceptors (Lipinski definition) is 2. The van der Waals surface area contributed by atoms with Crippen LogP contribution in [-0.4, -0.2) is 22.3 Å². The first-order chi connectivity index (χ1) is 10.5. The Morgan fingerprint density at radius 2 is 1.95 bits per heavy atom. The summed E-state index contributed by atoms with van der Waals surface area (Å²) in [5.74, 6) is -4.38. The standard InChI is InChI=1S/C16H13F3N2O/c17-13-4-11(5-14(18)16(13)19)12-6-15(22)21(9-12)8-10-2-1-3-20-7-10/h1-5,7,12H,6,8-9H2. The van der Waals surface area contributed by atoms with Gasteiger partial charge in [0.25, 0.3) is 0 Å². The highest BCUT2D eigenvalue weighted by molar-refractivity contribution is 5.79. The zero-order valence-corrected chi connectivity index (χ0v) is 11.6. The summed E-state index contributed by atoms with van der Waals surface area (Å²) in [6, 6.07) is 5.55. The van der Waals surface area contributed by atoms with E-state index in [0.29, 0.717) is 18.7 Å². The Hall–Kier alpha value is -2.37. The van der Waals surface area contributed by atoms with E-state index in [9.17, 15) is 18.0 Å². The SMILES string of the molecule is O=C1CC(c2cc(F)c(F)c(F)c2)CN1Cc1cccnc1. The molecule has 0 spiro atoms. The van der Waals surface area contributed by atoms with Crippen molar-refractivity contribution < 1.29 is 18.0 Å². The lowest BCUT2D eigenvalue weighted by Crippen LogP contribution is -2.24. The monoisotopic (exact) mass is 306 g/mol. The molecule has 1 saturated heterocycles. The summed E-state index contributed by atoms with van der Waals surface area (Å²) >= 11 is 0. The molecular formula is C16H13F3N2O. The third kappa shape index (κ3) is 2.81. The molecule has 1 aromatic heterocycles. The van der Waals surface area contributed by atoms with Crippen LogP contribution in [0.25, 0.3) is 0 Å². The van der Waals surface area contributed by atoms with Crippen LogP contribution in [0.2, 0.25) is 0 Å². The van der Waals surface area contributed by atoms with E-state index in [1.807, 2.05) is 6.07 Å². The quantitative estimate of drug-likeness (QED) is 0.817. The largest absolute Gasteiger partial charge is 0.338 e. The van der Waals surface area contributed by atoms with Gasteiger partial charge in [0.2, 0.25) is 5.91 Å². The zero-order valence-electron chi connectivity index (χ0n) is 11.6. The molecule has 2 aromatic rings.